The van der Waals surface area contributed by atoms with Gasteiger partial charge in [0.25, 0.3) is 11.6 Å². The number of fused-ring (bicyclic) bond motifs is 1. The van der Waals surface area contributed by atoms with E-state index in [2.05, 4.69) is 19.2 Å². The zero-order valence-corrected chi connectivity index (χ0v) is 19.5. The quantitative estimate of drug-likeness (QED) is 0.374. The molecule has 0 unspecified atom stereocenters. The molecule has 1 aliphatic carbocycles. The second-order valence-corrected chi connectivity index (χ2v) is 9.77. The minimum atomic E-state index is -0.738. The van der Waals surface area contributed by atoms with Crippen molar-refractivity contribution >= 4 is 28.8 Å². The van der Waals surface area contributed by atoms with E-state index >= 15 is 0 Å². The molecule has 3 aromatic carbocycles. The summed E-state index contributed by atoms with van der Waals surface area (Å²) in [6, 6.07) is 21.8. The average Bonchev–Trinajstić information content (AvgIpc) is 2.97. The number of nitrogens with zero attached hydrogens (tertiary/aromatic N) is 2. The third-order valence-electron chi connectivity index (χ3n) is 6.56. The van der Waals surface area contributed by atoms with Crippen LogP contribution in [0.4, 0.5) is 17.1 Å². The SMILES string of the molecule is CC1(C)CC(=O)C2=C(C1)Nc1ccccc1N(C(=O)c1ccccc1)[C@@H]2c1ccc([N+](=O)[O-])cc1. The van der Waals surface area contributed by atoms with Gasteiger partial charge in [0.1, 0.15) is 0 Å². The standard InChI is InChI=1S/C28H25N3O4/c1-28(2)16-22-25(24(32)17-28)26(18-12-14-20(15-13-18)31(34)35)30(23-11-7-6-10-21(23)29-22)27(33)19-8-4-3-5-9-19/h3-15,26,29H,16-17H2,1-2H3/t26-/m1/s1. The zero-order valence-electron chi connectivity index (χ0n) is 19.5. The highest BCUT2D eigenvalue weighted by molar-refractivity contribution is 6.12. The van der Waals surface area contributed by atoms with Crippen molar-refractivity contribution in [2.75, 3.05) is 10.2 Å². The number of benzene rings is 3. The molecule has 1 N–H and O–H groups in total. The lowest BCUT2D eigenvalue weighted by Crippen LogP contribution is -2.39. The number of hydrogen-bond acceptors (Lipinski definition) is 5. The summed E-state index contributed by atoms with van der Waals surface area (Å²) in [5, 5.41) is 14.8. The number of Topliss-reactive ketones (excluding diaryl/α,β-unsaturated/α-hetero) is 1. The van der Waals surface area contributed by atoms with Crippen molar-refractivity contribution in [3.8, 4) is 0 Å². The highest BCUT2D eigenvalue weighted by Gasteiger charge is 2.43. The minimum Gasteiger partial charge on any atom is -0.357 e. The molecule has 0 radical (unpaired) electrons. The van der Waals surface area contributed by atoms with E-state index in [0.717, 1.165) is 11.4 Å². The Balaban J connectivity index is 1.78. The van der Waals surface area contributed by atoms with Crippen molar-refractivity contribution in [3.63, 3.8) is 0 Å². The fourth-order valence-electron chi connectivity index (χ4n) is 5.02. The number of nitrogens with one attached hydrogen (secondary N) is 1. The fourth-order valence-corrected chi connectivity index (χ4v) is 5.02. The molecule has 3 aromatic rings. The van der Waals surface area contributed by atoms with Gasteiger partial charge in [-0.05, 0) is 53.8 Å². The van der Waals surface area contributed by atoms with Crippen LogP contribution in [0.5, 0.6) is 0 Å². The molecule has 1 atom stereocenters. The van der Waals surface area contributed by atoms with Crippen LogP contribution in [-0.2, 0) is 4.79 Å². The van der Waals surface area contributed by atoms with Gasteiger partial charge in [0, 0.05) is 35.4 Å². The molecule has 2 aliphatic rings. The Morgan fingerprint density at radius 1 is 0.971 bits per heavy atom. The Kier molecular flexibility index (Phi) is 5.47. The van der Waals surface area contributed by atoms with Gasteiger partial charge < -0.3 is 5.32 Å². The molecule has 1 heterocycles. The topological polar surface area (TPSA) is 92.6 Å². The van der Waals surface area contributed by atoms with Gasteiger partial charge >= 0.3 is 0 Å². The number of nitro groups is 1. The summed E-state index contributed by atoms with van der Waals surface area (Å²) in [5.41, 5.74) is 3.53. The molecule has 7 nitrogen and oxygen atoms in total. The summed E-state index contributed by atoms with van der Waals surface area (Å²) in [7, 11) is 0. The van der Waals surface area contributed by atoms with Crippen molar-refractivity contribution in [2.24, 2.45) is 5.41 Å². The van der Waals surface area contributed by atoms with Gasteiger partial charge in [0.2, 0.25) is 0 Å². The summed E-state index contributed by atoms with van der Waals surface area (Å²) in [5.74, 6) is -0.291. The molecule has 0 saturated carbocycles. The molecule has 1 amide bonds. The molecule has 35 heavy (non-hydrogen) atoms. The number of para-hydroxylation sites is 2. The molecular formula is C28H25N3O4. The highest BCUT2D eigenvalue weighted by Crippen LogP contribution is 2.48. The number of allylic oxidation sites excluding steroid dienone is 1. The largest absolute Gasteiger partial charge is 0.357 e. The smallest absolute Gasteiger partial charge is 0.269 e. The minimum absolute atomic E-state index is 0.0363. The van der Waals surface area contributed by atoms with Crippen LogP contribution in [0.2, 0.25) is 0 Å². The monoisotopic (exact) mass is 467 g/mol. The summed E-state index contributed by atoms with van der Waals surface area (Å²) < 4.78 is 0. The maximum atomic E-state index is 14.0. The first-order chi connectivity index (χ1) is 16.7. The van der Waals surface area contributed by atoms with Gasteiger partial charge in [-0.2, -0.15) is 0 Å². The first-order valence-corrected chi connectivity index (χ1v) is 11.5. The van der Waals surface area contributed by atoms with Crippen molar-refractivity contribution in [1.82, 2.24) is 0 Å². The highest BCUT2D eigenvalue weighted by atomic mass is 16.6. The number of carbonyl (C=O) groups excluding carboxylic acids is 2. The van der Waals surface area contributed by atoms with Gasteiger partial charge in [-0.25, -0.2) is 0 Å². The van der Waals surface area contributed by atoms with E-state index in [4.69, 9.17) is 0 Å². The van der Waals surface area contributed by atoms with Gasteiger partial charge in [-0.3, -0.25) is 24.6 Å². The first-order valence-electron chi connectivity index (χ1n) is 11.5. The fraction of sp³-hybridized carbons (Fsp3) is 0.214. The van der Waals surface area contributed by atoms with Crippen LogP contribution in [0.1, 0.15) is 48.7 Å². The Morgan fingerprint density at radius 3 is 2.31 bits per heavy atom. The van der Waals surface area contributed by atoms with E-state index < -0.39 is 11.0 Å². The van der Waals surface area contributed by atoms with Crippen LogP contribution >= 0.6 is 0 Å². The second-order valence-electron chi connectivity index (χ2n) is 9.77. The Labute approximate surface area is 203 Å². The Hall–Kier alpha value is -4.26. The molecule has 7 heteroatoms. The molecule has 0 spiro atoms. The van der Waals surface area contributed by atoms with E-state index in [0.29, 0.717) is 35.2 Å². The van der Waals surface area contributed by atoms with Crippen LogP contribution in [0, 0.1) is 15.5 Å². The molecule has 0 saturated heterocycles. The second kappa shape index (κ2) is 8.51. The average molecular weight is 468 g/mol. The van der Waals surface area contributed by atoms with Crippen LogP contribution < -0.4 is 10.2 Å². The number of amides is 1. The molecule has 0 aromatic heterocycles. The lowest BCUT2D eigenvalue weighted by Gasteiger charge is -2.37. The van der Waals surface area contributed by atoms with E-state index in [-0.39, 0.29) is 22.8 Å². The number of ketones is 1. The van der Waals surface area contributed by atoms with Crippen molar-refractivity contribution < 1.29 is 14.5 Å². The van der Waals surface area contributed by atoms with Crippen LogP contribution in [-0.4, -0.2) is 16.6 Å². The molecule has 0 bridgehead atoms. The molecule has 1 aliphatic heterocycles. The normalized spacial score (nSPS) is 18.7. The summed E-state index contributed by atoms with van der Waals surface area (Å²) in [4.78, 5) is 40.2. The third-order valence-corrected chi connectivity index (χ3v) is 6.56. The van der Waals surface area contributed by atoms with Crippen molar-refractivity contribution in [2.45, 2.75) is 32.7 Å². The molecule has 176 valence electrons. The number of hydrogen-bond donors (Lipinski definition) is 1. The maximum Gasteiger partial charge on any atom is 0.269 e. The van der Waals surface area contributed by atoms with E-state index in [1.165, 1.54) is 12.1 Å². The molecule has 5 rings (SSSR count). The van der Waals surface area contributed by atoms with E-state index in [1.54, 1.807) is 41.3 Å². The summed E-state index contributed by atoms with van der Waals surface area (Å²) >= 11 is 0. The van der Waals surface area contributed by atoms with Gasteiger partial charge in [0.15, 0.2) is 5.78 Å². The predicted molar refractivity (Wildman–Crippen MR) is 134 cm³/mol. The van der Waals surface area contributed by atoms with Gasteiger partial charge in [-0.1, -0.05) is 44.2 Å². The lowest BCUT2D eigenvalue weighted by atomic mass is 9.73. The Morgan fingerprint density at radius 2 is 1.63 bits per heavy atom. The predicted octanol–water partition coefficient (Wildman–Crippen LogP) is 6.05. The number of carbonyl (C=O) groups is 2. The first kappa shape index (κ1) is 22.5. The van der Waals surface area contributed by atoms with Crippen LogP contribution in [0.3, 0.4) is 0 Å². The lowest BCUT2D eigenvalue weighted by molar-refractivity contribution is -0.384. The van der Waals surface area contributed by atoms with E-state index in [9.17, 15) is 19.7 Å². The number of non-ortho nitro benzene ring substituents is 1. The van der Waals surface area contributed by atoms with Gasteiger partial charge in [0.05, 0.1) is 22.3 Å². The Bertz CT molecular complexity index is 1360. The van der Waals surface area contributed by atoms with Crippen LogP contribution in [0.25, 0.3) is 0 Å². The van der Waals surface area contributed by atoms with Crippen LogP contribution in [0.15, 0.2) is 90.1 Å². The number of anilines is 2. The number of rotatable bonds is 3. The van der Waals surface area contributed by atoms with Crippen molar-refractivity contribution in [3.05, 3.63) is 111 Å². The maximum absolute atomic E-state index is 14.0. The molecule has 0 fully saturated rings. The van der Waals surface area contributed by atoms with Gasteiger partial charge in [-0.15, -0.1) is 0 Å². The molecular weight excluding hydrogens is 442 g/mol. The third kappa shape index (κ3) is 4.10. The van der Waals surface area contributed by atoms with E-state index in [1.807, 2.05) is 30.3 Å². The number of nitro benzene ring substituents is 1. The zero-order chi connectivity index (χ0) is 24.7. The summed E-state index contributed by atoms with van der Waals surface area (Å²) in [6.07, 6.45) is 0.986. The van der Waals surface area contributed by atoms with Crippen molar-refractivity contribution in [1.29, 1.82) is 0 Å². The summed E-state index contributed by atoms with van der Waals surface area (Å²) in [6.45, 7) is 4.11.